The van der Waals surface area contributed by atoms with E-state index < -0.39 is 0 Å². The Morgan fingerprint density at radius 3 is 2.78 bits per heavy atom. The number of hydrazone groups is 1. The molecule has 92 valence electrons. The first-order valence-corrected chi connectivity index (χ1v) is 6.50. The summed E-state index contributed by atoms with van der Waals surface area (Å²) in [4.78, 5) is 16.7. The van der Waals surface area contributed by atoms with Gasteiger partial charge in [0.1, 0.15) is 0 Å². The Morgan fingerprint density at radius 1 is 1.39 bits per heavy atom. The number of amides is 1. The number of aromatic nitrogens is 1. The summed E-state index contributed by atoms with van der Waals surface area (Å²) >= 11 is 1.61. The van der Waals surface area contributed by atoms with Gasteiger partial charge < -0.3 is 0 Å². The van der Waals surface area contributed by atoms with Crippen molar-refractivity contribution in [3.63, 3.8) is 0 Å². The molecule has 2 heterocycles. The summed E-state index contributed by atoms with van der Waals surface area (Å²) in [6.45, 7) is 2.01. The molecule has 18 heavy (non-hydrogen) atoms. The van der Waals surface area contributed by atoms with Crippen molar-refractivity contribution < 1.29 is 4.79 Å². The molecule has 1 amide bonds. The number of hydrogen-bond donors (Lipinski definition) is 1. The summed E-state index contributed by atoms with van der Waals surface area (Å²) in [7, 11) is 0. The van der Waals surface area contributed by atoms with Crippen LogP contribution < -0.4 is 5.43 Å². The summed E-state index contributed by atoms with van der Waals surface area (Å²) in [5.74, 6) is -0.222. The van der Waals surface area contributed by atoms with Crippen LogP contribution in [0, 0.1) is 0 Å². The molecule has 4 nitrogen and oxygen atoms in total. The fourth-order valence-electron chi connectivity index (χ4n) is 1.44. The Labute approximate surface area is 109 Å². The molecule has 0 saturated carbocycles. The maximum atomic E-state index is 11.8. The van der Waals surface area contributed by atoms with E-state index in [1.165, 1.54) is 0 Å². The van der Waals surface area contributed by atoms with E-state index in [0.717, 1.165) is 17.0 Å². The number of pyridine rings is 1. The van der Waals surface area contributed by atoms with Crippen molar-refractivity contribution in [2.24, 2.45) is 5.10 Å². The molecule has 0 aromatic carbocycles. The summed E-state index contributed by atoms with van der Waals surface area (Å²) < 4.78 is 0. The lowest BCUT2D eigenvalue weighted by Gasteiger charge is -2.02. The van der Waals surface area contributed by atoms with Gasteiger partial charge >= 0.3 is 0 Å². The lowest BCUT2D eigenvalue weighted by Crippen LogP contribution is -2.19. The molecule has 0 saturated heterocycles. The molecular weight excluding hydrogens is 246 g/mol. The second-order valence-corrected chi connectivity index (χ2v) is 4.51. The molecule has 0 fully saturated rings. The molecule has 1 N–H and O–H groups in total. The molecule has 0 aliphatic rings. The zero-order valence-electron chi connectivity index (χ0n) is 9.96. The van der Waals surface area contributed by atoms with Crippen molar-refractivity contribution >= 4 is 23.0 Å². The summed E-state index contributed by atoms with van der Waals surface area (Å²) in [6.07, 6.45) is 3.94. The minimum Gasteiger partial charge on any atom is -0.267 e. The first-order valence-electron chi connectivity index (χ1n) is 5.62. The summed E-state index contributed by atoms with van der Waals surface area (Å²) in [5, 5.41) is 6.16. The van der Waals surface area contributed by atoms with Crippen molar-refractivity contribution in [3.8, 4) is 0 Å². The number of nitrogens with one attached hydrogen (secondary N) is 1. The maximum absolute atomic E-state index is 11.8. The van der Waals surface area contributed by atoms with E-state index in [4.69, 9.17) is 0 Å². The van der Waals surface area contributed by atoms with Gasteiger partial charge in [-0.1, -0.05) is 13.0 Å². The normalized spacial score (nSPS) is 11.3. The van der Waals surface area contributed by atoms with Crippen molar-refractivity contribution in [2.45, 2.75) is 13.3 Å². The van der Waals surface area contributed by atoms with E-state index in [0.29, 0.717) is 5.56 Å². The molecule has 0 unspecified atom stereocenters. The fraction of sp³-hybridized carbons (Fsp3) is 0.154. The lowest BCUT2D eigenvalue weighted by molar-refractivity contribution is 0.0954. The van der Waals surface area contributed by atoms with Crippen LogP contribution in [0.4, 0.5) is 0 Å². The second-order valence-electron chi connectivity index (χ2n) is 3.57. The quantitative estimate of drug-likeness (QED) is 0.678. The van der Waals surface area contributed by atoms with Crippen molar-refractivity contribution in [1.82, 2.24) is 10.4 Å². The van der Waals surface area contributed by atoms with Gasteiger partial charge in [0.15, 0.2) is 0 Å². The molecule has 2 aromatic rings. The lowest BCUT2D eigenvalue weighted by atomic mass is 10.2. The van der Waals surface area contributed by atoms with E-state index >= 15 is 0 Å². The molecule has 5 heteroatoms. The third kappa shape index (κ3) is 3.01. The van der Waals surface area contributed by atoms with E-state index in [1.54, 1.807) is 35.9 Å². The predicted octanol–water partition coefficient (Wildman–Crippen LogP) is 2.69. The van der Waals surface area contributed by atoms with Gasteiger partial charge in [-0.25, -0.2) is 5.43 Å². The highest BCUT2D eigenvalue weighted by Crippen LogP contribution is 2.11. The SMILES string of the molecule is CC/C(=N\NC(=O)c1ccncc1)c1cccs1. The molecule has 2 rings (SSSR count). The molecule has 0 bridgehead atoms. The van der Waals surface area contributed by atoms with Gasteiger partial charge in [-0.3, -0.25) is 9.78 Å². The highest BCUT2D eigenvalue weighted by Gasteiger charge is 2.05. The molecule has 0 radical (unpaired) electrons. The summed E-state index contributed by atoms with van der Waals surface area (Å²) in [6, 6.07) is 7.27. The fourth-order valence-corrected chi connectivity index (χ4v) is 2.22. The Kier molecular flexibility index (Phi) is 4.20. The second kappa shape index (κ2) is 6.07. The van der Waals surface area contributed by atoms with Crippen LogP contribution in [-0.4, -0.2) is 16.6 Å². The van der Waals surface area contributed by atoms with Crippen LogP contribution in [0.2, 0.25) is 0 Å². The van der Waals surface area contributed by atoms with Gasteiger partial charge in [0, 0.05) is 18.0 Å². The van der Waals surface area contributed by atoms with Crippen LogP contribution in [0.1, 0.15) is 28.6 Å². The zero-order chi connectivity index (χ0) is 12.8. The van der Waals surface area contributed by atoms with Crippen molar-refractivity contribution in [3.05, 3.63) is 52.5 Å². The standard InChI is InChI=1S/C13H13N3OS/c1-2-11(12-4-3-9-18-12)15-16-13(17)10-5-7-14-8-6-10/h3-9H,2H2,1H3,(H,16,17)/b15-11+. The first-order chi connectivity index (χ1) is 8.81. The number of rotatable bonds is 4. The van der Waals surface area contributed by atoms with Crippen LogP contribution in [0.3, 0.4) is 0 Å². The Balaban J connectivity index is 2.08. The molecular formula is C13H13N3OS. The summed E-state index contributed by atoms with van der Waals surface area (Å²) in [5.41, 5.74) is 4.00. The highest BCUT2D eigenvalue weighted by molar-refractivity contribution is 7.12. The van der Waals surface area contributed by atoms with Gasteiger partial charge in [-0.05, 0) is 30.0 Å². The van der Waals surface area contributed by atoms with E-state index in [9.17, 15) is 4.79 Å². The third-order valence-electron chi connectivity index (χ3n) is 2.38. The average molecular weight is 259 g/mol. The maximum Gasteiger partial charge on any atom is 0.271 e. The van der Waals surface area contributed by atoms with E-state index in [2.05, 4.69) is 15.5 Å². The molecule has 2 aromatic heterocycles. The Morgan fingerprint density at radius 2 is 2.17 bits per heavy atom. The van der Waals surface area contributed by atoms with Gasteiger partial charge in [-0.2, -0.15) is 5.10 Å². The number of thiophene rings is 1. The van der Waals surface area contributed by atoms with Crippen LogP contribution >= 0.6 is 11.3 Å². The number of nitrogens with zero attached hydrogens (tertiary/aromatic N) is 2. The van der Waals surface area contributed by atoms with Gasteiger partial charge in [0.25, 0.3) is 5.91 Å². The number of hydrogen-bond acceptors (Lipinski definition) is 4. The molecule has 0 aliphatic heterocycles. The number of carbonyl (C=O) groups excluding carboxylic acids is 1. The van der Waals surface area contributed by atoms with Crippen molar-refractivity contribution in [2.75, 3.05) is 0 Å². The van der Waals surface area contributed by atoms with Crippen LogP contribution in [0.15, 0.2) is 47.1 Å². The van der Waals surface area contributed by atoms with E-state index in [1.807, 2.05) is 24.4 Å². The minimum atomic E-state index is -0.222. The van der Waals surface area contributed by atoms with Crippen LogP contribution in [-0.2, 0) is 0 Å². The predicted molar refractivity (Wildman–Crippen MR) is 72.9 cm³/mol. The Bertz CT molecular complexity index is 535. The minimum absolute atomic E-state index is 0.222. The topological polar surface area (TPSA) is 54.4 Å². The van der Waals surface area contributed by atoms with Gasteiger partial charge in [0.05, 0.1) is 10.6 Å². The largest absolute Gasteiger partial charge is 0.271 e. The van der Waals surface area contributed by atoms with E-state index in [-0.39, 0.29) is 5.91 Å². The molecule has 0 atom stereocenters. The molecule has 0 aliphatic carbocycles. The first kappa shape index (κ1) is 12.4. The van der Waals surface area contributed by atoms with Crippen LogP contribution in [0.25, 0.3) is 0 Å². The van der Waals surface area contributed by atoms with Crippen LogP contribution in [0.5, 0.6) is 0 Å². The zero-order valence-corrected chi connectivity index (χ0v) is 10.8. The van der Waals surface area contributed by atoms with Crippen molar-refractivity contribution in [1.29, 1.82) is 0 Å². The van der Waals surface area contributed by atoms with Gasteiger partial charge in [-0.15, -0.1) is 11.3 Å². The Hall–Kier alpha value is -2.01. The third-order valence-corrected chi connectivity index (χ3v) is 3.29. The average Bonchev–Trinajstić information content (AvgIpc) is 2.94. The smallest absolute Gasteiger partial charge is 0.267 e. The van der Waals surface area contributed by atoms with Gasteiger partial charge in [0.2, 0.25) is 0 Å². The monoisotopic (exact) mass is 259 g/mol. The molecule has 0 spiro atoms. The highest BCUT2D eigenvalue weighted by atomic mass is 32.1. The number of carbonyl (C=O) groups is 1.